The molecule has 0 aliphatic carbocycles. The predicted molar refractivity (Wildman–Crippen MR) is 172 cm³/mol. The van der Waals surface area contributed by atoms with Crippen LogP contribution in [0.15, 0.2) is 118 Å². The van der Waals surface area contributed by atoms with Crippen molar-refractivity contribution in [3.05, 3.63) is 162 Å². The van der Waals surface area contributed by atoms with Crippen molar-refractivity contribution in [1.82, 2.24) is 4.57 Å². The van der Waals surface area contributed by atoms with Gasteiger partial charge in [-0.2, -0.15) is 0 Å². The lowest BCUT2D eigenvalue weighted by Crippen LogP contribution is -2.40. The van der Waals surface area contributed by atoms with Gasteiger partial charge in [-0.25, -0.2) is 19.0 Å². The van der Waals surface area contributed by atoms with Gasteiger partial charge in [0.1, 0.15) is 18.2 Å². The quantitative estimate of drug-likeness (QED) is 0.219. The fourth-order valence-corrected chi connectivity index (χ4v) is 6.12. The standard InChI is InChI=1S/C36H27FN2O6S/c1-2-44-35(43)30-31(24-6-4-3-5-7-24)38-36-39(32(30)25-14-16-27(37)17-15-25)33(40)29(46-36)20-22-10-18-28(19-11-22)45-21-23-8-12-26(13-9-23)34(41)42/h3-20,32H,2,21H2,1H3,(H,41,42)/b29-20+/t32-/m0/s1. The zero-order valence-electron chi connectivity index (χ0n) is 24.6. The number of carboxylic acid groups (broad SMARTS) is 1. The predicted octanol–water partition coefficient (Wildman–Crippen LogP) is 5.35. The Labute approximate surface area is 266 Å². The van der Waals surface area contributed by atoms with Gasteiger partial charge < -0.3 is 14.6 Å². The van der Waals surface area contributed by atoms with Gasteiger partial charge in [0, 0.05) is 5.56 Å². The van der Waals surface area contributed by atoms with E-state index in [1.807, 2.05) is 42.5 Å². The Hall–Kier alpha value is -5.61. The third-order valence-electron chi connectivity index (χ3n) is 7.34. The molecule has 0 bridgehead atoms. The van der Waals surface area contributed by atoms with Gasteiger partial charge in [-0.3, -0.25) is 9.36 Å². The van der Waals surface area contributed by atoms with Crippen LogP contribution in [0.4, 0.5) is 4.39 Å². The molecule has 230 valence electrons. The first-order chi connectivity index (χ1) is 22.3. The number of rotatable bonds is 9. The number of nitrogens with zero attached hydrogens (tertiary/aromatic N) is 2. The van der Waals surface area contributed by atoms with E-state index in [-0.39, 0.29) is 29.9 Å². The summed E-state index contributed by atoms with van der Waals surface area (Å²) in [6.45, 7) is 2.09. The second-order valence-corrected chi connectivity index (χ2v) is 11.4. The number of ether oxygens (including phenoxy) is 2. The monoisotopic (exact) mass is 634 g/mol. The second-order valence-electron chi connectivity index (χ2n) is 10.3. The van der Waals surface area contributed by atoms with Crippen molar-refractivity contribution in [3.63, 3.8) is 0 Å². The minimum Gasteiger partial charge on any atom is -0.489 e. The molecule has 0 amide bonds. The molecule has 0 saturated heterocycles. The molecule has 0 spiro atoms. The summed E-state index contributed by atoms with van der Waals surface area (Å²) < 4.78 is 27.1. The molecular weight excluding hydrogens is 607 g/mol. The van der Waals surface area contributed by atoms with E-state index in [9.17, 15) is 18.8 Å². The molecule has 6 rings (SSSR count). The van der Waals surface area contributed by atoms with Crippen LogP contribution in [0, 0.1) is 5.82 Å². The van der Waals surface area contributed by atoms with Gasteiger partial charge in [0.25, 0.3) is 5.56 Å². The Balaban J connectivity index is 1.38. The van der Waals surface area contributed by atoms with Gasteiger partial charge in [-0.1, -0.05) is 78.1 Å². The van der Waals surface area contributed by atoms with E-state index < -0.39 is 23.8 Å². The van der Waals surface area contributed by atoms with E-state index in [1.54, 1.807) is 49.4 Å². The van der Waals surface area contributed by atoms with Crippen LogP contribution >= 0.6 is 11.3 Å². The summed E-state index contributed by atoms with van der Waals surface area (Å²) in [5, 5.41) is 9.07. The molecule has 1 aliphatic heterocycles. The molecule has 5 aromatic rings. The van der Waals surface area contributed by atoms with Crippen molar-refractivity contribution in [1.29, 1.82) is 0 Å². The summed E-state index contributed by atoms with van der Waals surface area (Å²) in [4.78, 5) is 43.8. The molecular formula is C36H27FN2O6S. The van der Waals surface area contributed by atoms with Crippen LogP contribution in [-0.2, 0) is 16.1 Å². The van der Waals surface area contributed by atoms with Crippen molar-refractivity contribution >= 4 is 35.0 Å². The lowest BCUT2D eigenvalue weighted by atomic mass is 9.93. The molecule has 1 N–H and O–H groups in total. The van der Waals surface area contributed by atoms with Crippen molar-refractivity contribution < 1.29 is 28.6 Å². The average molecular weight is 635 g/mol. The number of hydrogen-bond donors (Lipinski definition) is 1. The number of carbonyl (C=O) groups is 2. The van der Waals surface area contributed by atoms with E-state index in [1.165, 1.54) is 40.2 Å². The van der Waals surface area contributed by atoms with Crippen LogP contribution in [0.5, 0.6) is 5.75 Å². The zero-order valence-corrected chi connectivity index (χ0v) is 25.4. The van der Waals surface area contributed by atoms with Gasteiger partial charge in [0.05, 0.1) is 34.0 Å². The highest BCUT2D eigenvalue weighted by atomic mass is 32.1. The number of esters is 1. The highest BCUT2D eigenvalue weighted by Gasteiger charge is 2.35. The smallest absolute Gasteiger partial charge is 0.338 e. The topological polar surface area (TPSA) is 107 Å². The Morgan fingerprint density at radius 2 is 1.65 bits per heavy atom. The summed E-state index contributed by atoms with van der Waals surface area (Å²) in [6, 6.07) is 27.7. The molecule has 8 nitrogen and oxygen atoms in total. The Kier molecular flexibility index (Phi) is 8.71. The summed E-state index contributed by atoms with van der Waals surface area (Å²) >= 11 is 1.19. The molecule has 4 aromatic carbocycles. The van der Waals surface area contributed by atoms with E-state index in [0.717, 1.165) is 11.1 Å². The molecule has 0 radical (unpaired) electrons. The maximum absolute atomic E-state index is 14.0. The first-order valence-corrected chi connectivity index (χ1v) is 15.2. The molecule has 0 fully saturated rings. The third-order valence-corrected chi connectivity index (χ3v) is 8.33. The zero-order chi connectivity index (χ0) is 32.2. The summed E-state index contributed by atoms with van der Waals surface area (Å²) in [7, 11) is 0. The number of carboxylic acids is 1. The van der Waals surface area contributed by atoms with E-state index >= 15 is 0 Å². The third kappa shape index (κ3) is 6.29. The first kappa shape index (κ1) is 30.4. The number of aromatic nitrogens is 1. The Morgan fingerprint density at radius 3 is 2.30 bits per heavy atom. The Morgan fingerprint density at radius 1 is 0.957 bits per heavy atom. The largest absolute Gasteiger partial charge is 0.489 e. The maximum Gasteiger partial charge on any atom is 0.338 e. The highest BCUT2D eigenvalue weighted by molar-refractivity contribution is 7.07. The SMILES string of the molecule is CCOC(=O)C1=C(c2ccccc2)N=c2s/c(=C/c3ccc(OCc4ccc(C(=O)O)cc4)cc3)c(=O)n2[C@H]1c1ccc(F)cc1. The van der Waals surface area contributed by atoms with Crippen molar-refractivity contribution in [2.45, 2.75) is 19.6 Å². The molecule has 1 aliphatic rings. The van der Waals surface area contributed by atoms with Gasteiger partial charge in [0.2, 0.25) is 0 Å². The van der Waals surface area contributed by atoms with Crippen LogP contribution < -0.4 is 19.6 Å². The fourth-order valence-electron chi connectivity index (χ4n) is 5.12. The van der Waals surface area contributed by atoms with Crippen LogP contribution in [-0.4, -0.2) is 28.2 Å². The summed E-state index contributed by atoms with van der Waals surface area (Å²) in [5.41, 5.74) is 3.23. The average Bonchev–Trinajstić information content (AvgIpc) is 3.38. The van der Waals surface area contributed by atoms with Crippen molar-refractivity contribution in [2.75, 3.05) is 6.61 Å². The molecule has 46 heavy (non-hydrogen) atoms. The van der Waals surface area contributed by atoms with Crippen LogP contribution in [0.1, 0.15) is 45.6 Å². The van der Waals surface area contributed by atoms with Crippen LogP contribution in [0.2, 0.25) is 0 Å². The molecule has 0 saturated carbocycles. The molecule has 2 heterocycles. The minimum absolute atomic E-state index is 0.127. The van der Waals surface area contributed by atoms with Gasteiger partial charge in [0.15, 0.2) is 4.80 Å². The molecule has 1 aromatic heterocycles. The number of halogens is 1. The van der Waals surface area contributed by atoms with Crippen molar-refractivity contribution in [3.8, 4) is 5.75 Å². The van der Waals surface area contributed by atoms with E-state index in [0.29, 0.717) is 31.9 Å². The Bertz CT molecular complexity index is 2120. The normalized spacial score (nSPS) is 14.4. The van der Waals surface area contributed by atoms with E-state index in [2.05, 4.69) is 0 Å². The van der Waals surface area contributed by atoms with Gasteiger partial charge >= 0.3 is 11.9 Å². The number of fused-ring (bicyclic) bond motifs is 1. The minimum atomic E-state index is -0.988. The van der Waals surface area contributed by atoms with Crippen LogP contribution in [0.3, 0.4) is 0 Å². The van der Waals surface area contributed by atoms with E-state index in [4.69, 9.17) is 19.6 Å². The number of thiazole rings is 1. The van der Waals surface area contributed by atoms with Gasteiger partial charge in [-0.05, 0) is 66.1 Å². The lowest BCUT2D eigenvalue weighted by Gasteiger charge is -2.25. The summed E-state index contributed by atoms with van der Waals surface area (Å²) in [6.07, 6.45) is 1.75. The number of hydrogen-bond acceptors (Lipinski definition) is 7. The van der Waals surface area contributed by atoms with Crippen molar-refractivity contribution in [2.24, 2.45) is 4.99 Å². The maximum atomic E-state index is 14.0. The number of carbonyl (C=O) groups excluding carboxylic acids is 1. The fraction of sp³-hybridized carbons (Fsp3) is 0.111. The highest BCUT2D eigenvalue weighted by Crippen LogP contribution is 2.35. The molecule has 10 heteroatoms. The molecule has 1 atom stereocenters. The summed E-state index contributed by atoms with van der Waals surface area (Å²) in [5.74, 6) is -1.44. The van der Waals surface area contributed by atoms with Crippen LogP contribution in [0.25, 0.3) is 11.8 Å². The lowest BCUT2D eigenvalue weighted by molar-refractivity contribution is -0.138. The first-order valence-electron chi connectivity index (χ1n) is 14.4. The number of benzene rings is 4. The van der Waals surface area contributed by atoms with Gasteiger partial charge in [-0.15, -0.1) is 0 Å². The number of aromatic carboxylic acids is 1. The second kappa shape index (κ2) is 13.2. The molecule has 0 unspecified atom stereocenters.